The molecule has 4 heterocycles. The third-order valence-corrected chi connectivity index (χ3v) is 6.61. The molecule has 2 aromatic heterocycles. The normalized spacial score (nSPS) is 15.9. The van der Waals surface area contributed by atoms with E-state index in [-0.39, 0.29) is 25.4 Å². The van der Waals surface area contributed by atoms with Crippen molar-refractivity contribution < 1.29 is 23.7 Å². The van der Waals surface area contributed by atoms with Crippen LogP contribution >= 0.6 is 0 Å². The van der Waals surface area contributed by atoms with Gasteiger partial charge in [-0.3, -0.25) is 0 Å². The zero-order valence-electron chi connectivity index (χ0n) is 19.4. The molecule has 0 amide bonds. The second-order valence-corrected chi connectivity index (χ2v) is 8.94. The number of H-pyrrole nitrogens is 1. The average Bonchev–Trinajstić information content (AvgIpc) is 3.53. The van der Waals surface area contributed by atoms with Gasteiger partial charge in [0.25, 0.3) is 0 Å². The Labute approximate surface area is 197 Å². The van der Waals surface area contributed by atoms with Crippen molar-refractivity contribution in [1.82, 2.24) is 9.55 Å². The predicted octanol–water partition coefficient (Wildman–Crippen LogP) is 5.90. The zero-order chi connectivity index (χ0) is 23.4. The van der Waals surface area contributed by atoms with E-state index in [1.54, 1.807) is 6.92 Å². The maximum absolute atomic E-state index is 12.3. The summed E-state index contributed by atoms with van der Waals surface area (Å²) in [5.41, 5.74) is 6.53. The second-order valence-electron chi connectivity index (χ2n) is 8.94. The van der Waals surface area contributed by atoms with Crippen LogP contribution in [0.3, 0.4) is 0 Å². The van der Waals surface area contributed by atoms with Crippen molar-refractivity contribution in [3.63, 3.8) is 0 Å². The lowest BCUT2D eigenvalue weighted by Gasteiger charge is -2.30. The smallest absolute Gasteiger partial charge is 0.454 e. The molecule has 1 atom stereocenters. The first-order chi connectivity index (χ1) is 16.5. The predicted molar refractivity (Wildman–Crippen MR) is 127 cm³/mol. The molecule has 7 nitrogen and oxygen atoms in total. The molecular formula is C27H26N2O5. The fraction of sp³-hybridized carbons (Fsp3) is 0.296. The van der Waals surface area contributed by atoms with Gasteiger partial charge in [0.1, 0.15) is 0 Å². The minimum atomic E-state index is -0.685. The Morgan fingerprint density at radius 1 is 1.15 bits per heavy atom. The van der Waals surface area contributed by atoms with Crippen LogP contribution in [-0.4, -0.2) is 29.1 Å². The van der Waals surface area contributed by atoms with E-state index in [2.05, 4.69) is 47.7 Å². The van der Waals surface area contributed by atoms with Crippen LogP contribution in [0.1, 0.15) is 60.9 Å². The molecule has 1 N–H and O–H groups in total. The van der Waals surface area contributed by atoms with Crippen LogP contribution < -0.4 is 14.2 Å². The van der Waals surface area contributed by atoms with E-state index in [0.717, 1.165) is 39.7 Å². The first-order valence-corrected chi connectivity index (χ1v) is 11.6. The van der Waals surface area contributed by atoms with Crippen molar-refractivity contribution in [3.05, 3.63) is 76.7 Å². The van der Waals surface area contributed by atoms with Gasteiger partial charge in [-0.1, -0.05) is 38.1 Å². The summed E-state index contributed by atoms with van der Waals surface area (Å²) in [6.07, 6.45) is -0.0439. The monoisotopic (exact) mass is 458 g/mol. The van der Waals surface area contributed by atoms with Gasteiger partial charge in [-0.25, -0.2) is 4.79 Å². The summed E-state index contributed by atoms with van der Waals surface area (Å²) in [4.78, 5) is 16.0. The Morgan fingerprint density at radius 3 is 2.79 bits per heavy atom. The third-order valence-electron chi connectivity index (χ3n) is 6.61. The number of aromatic nitrogens is 2. The Bertz CT molecular complexity index is 1410. The highest BCUT2D eigenvalue weighted by atomic mass is 16.7. The number of carbonyl (C=O) groups is 1. The highest BCUT2D eigenvalue weighted by molar-refractivity contribution is 5.86. The van der Waals surface area contributed by atoms with Crippen molar-refractivity contribution in [1.29, 1.82) is 0 Å². The Balaban J connectivity index is 1.59. The SMILES string of the molecule is CCOC(=O)Oc1cc(C(C)C)n2c1Cc1c([nH]c3ccccc13)C2c1ccc2c(c1)OCO2. The molecule has 0 saturated heterocycles. The van der Waals surface area contributed by atoms with Crippen molar-refractivity contribution in [2.24, 2.45) is 0 Å². The largest absolute Gasteiger partial charge is 0.513 e. The Morgan fingerprint density at radius 2 is 1.97 bits per heavy atom. The van der Waals surface area contributed by atoms with Gasteiger partial charge in [-0.15, -0.1) is 0 Å². The van der Waals surface area contributed by atoms with Crippen molar-refractivity contribution in [3.8, 4) is 17.2 Å². The molecule has 2 aliphatic heterocycles. The summed E-state index contributed by atoms with van der Waals surface area (Å²) in [5, 5.41) is 1.17. The van der Waals surface area contributed by atoms with Gasteiger partial charge in [0.15, 0.2) is 17.2 Å². The molecule has 2 aliphatic rings. The molecule has 0 saturated carbocycles. The molecule has 0 bridgehead atoms. The zero-order valence-corrected chi connectivity index (χ0v) is 19.4. The standard InChI is InChI=1S/C27H26N2O5/c1-4-31-27(30)34-23-13-20(15(2)3)29-21(23)12-18-17-7-5-6-8-19(17)28-25(18)26(29)16-9-10-22-24(11-16)33-14-32-22/h5-11,13,15,26,28H,4,12,14H2,1-3H3. The molecule has 0 aliphatic carbocycles. The van der Waals surface area contributed by atoms with Gasteiger partial charge < -0.3 is 28.5 Å². The summed E-state index contributed by atoms with van der Waals surface area (Å²) in [5.74, 6) is 2.24. The van der Waals surface area contributed by atoms with E-state index in [1.807, 2.05) is 24.3 Å². The average molecular weight is 459 g/mol. The van der Waals surface area contributed by atoms with Gasteiger partial charge in [0.05, 0.1) is 18.3 Å². The van der Waals surface area contributed by atoms with Crippen LogP contribution in [0, 0.1) is 0 Å². The summed E-state index contributed by atoms with van der Waals surface area (Å²) in [6.45, 7) is 6.55. The molecular weight excluding hydrogens is 432 g/mol. The van der Waals surface area contributed by atoms with Gasteiger partial charge in [0, 0.05) is 34.8 Å². The van der Waals surface area contributed by atoms with Gasteiger partial charge in [0.2, 0.25) is 6.79 Å². The number of nitrogens with one attached hydrogen (secondary N) is 1. The number of carbonyl (C=O) groups excluding carboxylic acids is 1. The lowest BCUT2D eigenvalue weighted by atomic mass is 9.92. The van der Waals surface area contributed by atoms with E-state index in [9.17, 15) is 4.79 Å². The minimum Gasteiger partial charge on any atom is -0.454 e. The summed E-state index contributed by atoms with van der Waals surface area (Å²) < 4.78 is 24.3. The van der Waals surface area contributed by atoms with Crippen LogP contribution in [-0.2, 0) is 11.2 Å². The minimum absolute atomic E-state index is 0.141. The molecule has 0 fully saturated rings. The number of hydrogen-bond donors (Lipinski definition) is 1. The molecule has 1 unspecified atom stereocenters. The molecule has 0 spiro atoms. The first kappa shape index (κ1) is 20.7. The maximum Gasteiger partial charge on any atom is 0.513 e. The van der Waals surface area contributed by atoms with Crippen LogP contribution in [0.2, 0.25) is 0 Å². The number of benzene rings is 2. The van der Waals surface area contributed by atoms with E-state index in [1.165, 1.54) is 10.9 Å². The molecule has 2 aromatic carbocycles. The fourth-order valence-corrected chi connectivity index (χ4v) is 5.15. The topological polar surface area (TPSA) is 74.7 Å². The first-order valence-electron chi connectivity index (χ1n) is 11.6. The van der Waals surface area contributed by atoms with Crippen molar-refractivity contribution >= 4 is 17.1 Å². The van der Waals surface area contributed by atoms with E-state index < -0.39 is 6.16 Å². The molecule has 6 rings (SSSR count). The maximum atomic E-state index is 12.3. The lowest BCUT2D eigenvalue weighted by molar-refractivity contribution is 0.104. The Hall–Kier alpha value is -3.87. The highest BCUT2D eigenvalue weighted by Crippen LogP contribution is 2.46. The quantitative estimate of drug-likeness (QED) is 0.340. The van der Waals surface area contributed by atoms with Gasteiger partial charge in [-0.2, -0.15) is 0 Å². The number of aromatic amines is 1. The molecule has 4 aromatic rings. The third kappa shape index (κ3) is 3.15. The molecule has 34 heavy (non-hydrogen) atoms. The van der Waals surface area contributed by atoms with E-state index in [4.69, 9.17) is 18.9 Å². The molecule has 7 heteroatoms. The summed E-state index contributed by atoms with van der Waals surface area (Å²) in [6, 6.07) is 16.2. The Kier molecular flexibility index (Phi) is 4.79. The number of rotatable bonds is 4. The number of ether oxygens (including phenoxy) is 4. The van der Waals surface area contributed by atoms with Crippen molar-refractivity contribution in [2.45, 2.75) is 39.2 Å². The van der Waals surface area contributed by atoms with Crippen molar-refractivity contribution in [2.75, 3.05) is 13.4 Å². The van der Waals surface area contributed by atoms with Gasteiger partial charge in [-0.05, 0) is 42.2 Å². The summed E-state index contributed by atoms with van der Waals surface area (Å²) in [7, 11) is 0. The number of para-hydroxylation sites is 1. The van der Waals surface area contributed by atoms with E-state index >= 15 is 0 Å². The van der Waals surface area contributed by atoms with Crippen LogP contribution in [0.4, 0.5) is 4.79 Å². The fourth-order valence-electron chi connectivity index (χ4n) is 5.15. The van der Waals surface area contributed by atoms with E-state index in [0.29, 0.717) is 12.2 Å². The molecule has 0 radical (unpaired) electrons. The number of fused-ring (bicyclic) bond motifs is 5. The van der Waals surface area contributed by atoms with Crippen LogP contribution in [0.5, 0.6) is 17.2 Å². The number of hydrogen-bond acceptors (Lipinski definition) is 5. The van der Waals surface area contributed by atoms with Crippen LogP contribution in [0.15, 0.2) is 48.5 Å². The molecule has 174 valence electrons. The lowest BCUT2D eigenvalue weighted by Crippen LogP contribution is -2.24. The van der Waals surface area contributed by atoms with Gasteiger partial charge >= 0.3 is 6.16 Å². The summed E-state index contributed by atoms with van der Waals surface area (Å²) >= 11 is 0. The number of nitrogens with zero attached hydrogens (tertiary/aromatic N) is 1. The second kappa shape index (κ2) is 7.87. The highest BCUT2D eigenvalue weighted by Gasteiger charge is 2.35. The van der Waals surface area contributed by atoms with Crippen LogP contribution in [0.25, 0.3) is 10.9 Å².